The molecule has 0 unspecified atom stereocenters. The lowest BCUT2D eigenvalue weighted by molar-refractivity contribution is 0.0493. The van der Waals surface area contributed by atoms with Crippen molar-refractivity contribution < 1.29 is 28.2 Å². The Labute approximate surface area is 171 Å². The number of ether oxygens (including phenoxy) is 3. The summed E-state index contributed by atoms with van der Waals surface area (Å²) in [6.07, 6.45) is 3.64. The number of aromatic nitrogens is 1. The van der Waals surface area contributed by atoms with Crippen LogP contribution in [0.3, 0.4) is 0 Å². The van der Waals surface area contributed by atoms with Gasteiger partial charge >= 0.3 is 12.1 Å². The van der Waals surface area contributed by atoms with Gasteiger partial charge in [0.25, 0.3) is 0 Å². The highest BCUT2D eigenvalue weighted by atomic mass is 79.9. The van der Waals surface area contributed by atoms with E-state index >= 15 is 0 Å². The van der Waals surface area contributed by atoms with E-state index in [4.69, 9.17) is 18.6 Å². The van der Waals surface area contributed by atoms with Gasteiger partial charge in [0.05, 0.1) is 24.7 Å². The number of amides is 1. The molecule has 0 saturated carbocycles. The van der Waals surface area contributed by atoms with Crippen LogP contribution in [0, 0.1) is 0 Å². The molecule has 1 aliphatic heterocycles. The molecule has 9 heteroatoms. The van der Waals surface area contributed by atoms with Crippen molar-refractivity contribution in [2.45, 2.75) is 39.2 Å². The van der Waals surface area contributed by atoms with Crippen LogP contribution in [0.4, 0.5) is 10.5 Å². The number of hydrogen-bond donors (Lipinski definition) is 0. The first-order chi connectivity index (χ1) is 13.5. The smallest absolute Gasteiger partial charge is 0.414 e. The molecule has 2 aromatic rings. The molecule has 2 aromatic heterocycles. The average molecular weight is 455 g/mol. The number of pyridine rings is 1. The van der Waals surface area contributed by atoms with Crippen LogP contribution in [0.15, 0.2) is 21.2 Å². The SMILES string of the molecule is CCOC(=O)c1oc2ncc(Br)cc2c1N(CC[C@H]1CCCO1)C(=O)OCC. The lowest BCUT2D eigenvalue weighted by Crippen LogP contribution is -2.35. The first-order valence-electron chi connectivity index (χ1n) is 9.36. The van der Waals surface area contributed by atoms with Gasteiger partial charge in [0.15, 0.2) is 0 Å². The van der Waals surface area contributed by atoms with Crippen LogP contribution in [0.25, 0.3) is 11.1 Å². The van der Waals surface area contributed by atoms with Crippen LogP contribution in [-0.4, -0.2) is 49.5 Å². The molecule has 0 bridgehead atoms. The standard InChI is InChI=1S/C19H23BrN2O6/c1-3-25-18(23)16-15(14-10-12(20)11-21-17(14)28-16)22(19(24)26-4-2)8-7-13-6-5-9-27-13/h10-11,13H,3-9H2,1-2H3/t13-/m1/s1. The molecule has 152 valence electrons. The van der Waals surface area contributed by atoms with Crippen LogP contribution >= 0.6 is 15.9 Å². The van der Waals surface area contributed by atoms with Crippen LogP contribution in [0.5, 0.6) is 0 Å². The highest BCUT2D eigenvalue weighted by molar-refractivity contribution is 9.10. The third kappa shape index (κ3) is 4.47. The Bertz CT molecular complexity index is 846. The quantitative estimate of drug-likeness (QED) is 0.575. The monoisotopic (exact) mass is 454 g/mol. The van der Waals surface area contributed by atoms with E-state index in [1.807, 2.05) is 0 Å². The highest BCUT2D eigenvalue weighted by Gasteiger charge is 2.32. The van der Waals surface area contributed by atoms with Gasteiger partial charge in [-0.05, 0) is 55.1 Å². The van der Waals surface area contributed by atoms with Crippen molar-refractivity contribution in [3.05, 3.63) is 22.5 Å². The van der Waals surface area contributed by atoms with Gasteiger partial charge in [0.1, 0.15) is 5.69 Å². The number of anilines is 1. The minimum atomic E-state index is -0.655. The van der Waals surface area contributed by atoms with Gasteiger partial charge in [-0.15, -0.1) is 0 Å². The number of rotatable bonds is 7. The summed E-state index contributed by atoms with van der Waals surface area (Å²) < 4.78 is 22.4. The van der Waals surface area contributed by atoms with E-state index < -0.39 is 12.1 Å². The lowest BCUT2D eigenvalue weighted by Gasteiger charge is -2.23. The summed E-state index contributed by atoms with van der Waals surface area (Å²) in [5.41, 5.74) is 0.548. The Balaban J connectivity index is 2.04. The fourth-order valence-electron chi connectivity index (χ4n) is 3.19. The Morgan fingerprint density at radius 3 is 2.79 bits per heavy atom. The second-order valence-corrected chi connectivity index (χ2v) is 7.20. The summed E-state index contributed by atoms with van der Waals surface area (Å²) in [7, 11) is 0. The van der Waals surface area contributed by atoms with Crippen LogP contribution < -0.4 is 4.90 Å². The number of fused-ring (bicyclic) bond motifs is 1. The number of carbonyl (C=O) groups is 2. The van der Waals surface area contributed by atoms with E-state index in [0.29, 0.717) is 28.5 Å². The molecular weight excluding hydrogens is 432 g/mol. The van der Waals surface area contributed by atoms with Crippen LogP contribution in [0.2, 0.25) is 0 Å². The van der Waals surface area contributed by atoms with E-state index in [-0.39, 0.29) is 30.8 Å². The largest absolute Gasteiger partial charge is 0.460 e. The second kappa shape index (κ2) is 9.38. The van der Waals surface area contributed by atoms with Crippen molar-refractivity contribution in [3.63, 3.8) is 0 Å². The highest BCUT2D eigenvalue weighted by Crippen LogP contribution is 2.36. The number of hydrogen-bond acceptors (Lipinski definition) is 7. The van der Waals surface area contributed by atoms with E-state index in [2.05, 4.69) is 20.9 Å². The molecule has 0 N–H and O–H groups in total. The predicted octanol–water partition coefficient (Wildman–Crippen LogP) is 4.30. The van der Waals surface area contributed by atoms with Crippen molar-refractivity contribution in [1.29, 1.82) is 0 Å². The van der Waals surface area contributed by atoms with Gasteiger partial charge in [-0.25, -0.2) is 14.6 Å². The minimum Gasteiger partial charge on any atom is -0.460 e. The van der Waals surface area contributed by atoms with Gasteiger partial charge in [-0.2, -0.15) is 0 Å². The molecule has 0 aliphatic carbocycles. The molecular formula is C19H23BrN2O6. The third-order valence-electron chi connectivity index (χ3n) is 4.40. The Hall–Kier alpha value is -2.13. The number of carbonyl (C=O) groups excluding carboxylic acids is 2. The molecule has 0 aromatic carbocycles. The maximum atomic E-state index is 12.7. The summed E-state index contributed by atoms with van der Waals surface area (Å²) in [6, 6.07) is 1.75. The van der Waals surface area contributed by atoms with E-state index in [0.717, 1.165) is 19.4 Å². The van der Waals surface area contributed by atoms with Gasteiger partial charge < -0.3 is 18.6 Å². The van der Waals surface area contributed by atoms with E-state index in [9.17, 15) is 9.59 Å². The fourth-order valence-corrected chi connectivity index (χ4v) is 3.52. The number of nitrogens with zero attached hydrogens (tertiary/aromatic N) is 2. The predicted molar refractivity (Wildman–Crippen MR) is 106 cm³/mol. The zero-order valence-electron chi connectivity index (χ0n) is 15.9. The lowest BCUT2D eigenvalue weighted by atomic mass is 10.1. The van der Waals surface area contributed by atoms with Crippen molar-refractivity contribution in [1.82, 2.24) is 4.98 Å². The van der Waals surface area contributed by atoms with Crippen molar-refractivity contribution in [3.8, 4) is 0 Å². The second-order valence-electron chi connectivity index (χ2n) is 6.28. The summed E-state index contributed by atoms with van der Waals surface area (Å²) >= 11 is 3.38. The molecule has 0 radical (unpaired) electrons. The maximum Gasteiger partial charge on any atom is 0.414 e. The van der Waals surface area contributed by atoms with Crippen LogP contribution in [-0.2, 0) is 14.2 Å². The molecule has 28 heavy (non-hydrogen) atoms. The molecule has 0 spiro atoms. The third-order valence-corrected chi connectivity index (χ3v) is 4.84. The summed E-state index contributed by atoms with van der Waals surface area (Å²) in [4.78, 5) is 30.9. The molecule has 3 heterocycles. The molecule has 8 nitrogen and oxygen atoms in total. The Morgan fingerprint density at radius 1 is 1.32 bits per heavy atom. The zero-order chi connectivity index (χ0) is 20.1. The average Bonchev–Trinajstić information content (AvgIpc) is 3.30. The molecule has 3 rings (SSSR count). The summed E-state index contributed by atoms with van der Waals surface area (Å²) in [6.45, 7) is 4.87. The molecule has 1 amide bonds. The number of halogens is 1. The summed E-state index contributed by atoms with van der Waals surface area (Å²) in [5.74, 6) is -0.721. The topological polar surface area (TPSA) is 91.1 Å². The first-order valence-corrected chi connectivity index (χ1v) is 10.2. The molecule has 1 fully saturated rings. The normalized spacial score (nSPS) is 16.3. The Kier molecular flexibility index (Phi) is 6.90. The number of furan rings is 1. The molecule has 1 atom stereocenters. The van der Waals surface area contributed by atoms with E-state index in [1.165, 1.54) is 4.90 Å². The van der Waals surface area contributed by atoms with Gasteiger partial charge in [-0.1, -0.05) is 0 Å². The maximum absolute atomic E-state index is 12.7. The number of esters is 1. The molecule has 1 aliphatic rings. The van der Waals surface area contributed by atoms with Crippen molar-refractivity contribution in [2.24, 2.45) is 0 Å². The van der Waals surface area contributed by atoms with E-state index in [1.54, 1.807) is 26.1 Å². The van der Waals surface area contributed by atoms with Gasteiger partial charge in [0.2, 0.25) is 11.5 Å². The summed E-state index contributed by atoms with van der Waals surface area (Å²) in [5, 5.41) is 0.526. The van der Waals surface area contributed by atoms with Crippen molar-refractivity contribution >= 4 is 44.8 Å². The fraction of sp³-hybridized carbons (Fsp3) is 0.526. The van der Waals surface area contributed by atoms with Gasteiger partial charge in [0, 0.05) is 23.8 Å². The Morgan fingerprint density at radius 2 is 2.11 bits per heavy atom. The van der Waals surface area contributed by atoms with Crippen molar-refractivity contribution in [2.75, 3.05) is 31.3 Å². The first kappa shape index (κ1) is 20.6. The van der Waals surface area contributed by atoms with Gasteiger partial charge in [-0.3, -0.25) is 4.90 Å². The zero-order valence-corrected chi connectivity index (χ0v) is 17.5. The molecule has 1 saturated heterocycles. The van der Waals surface area contributed by atoms with Crippen LogP contribution in [0.1, 0.15) is 43.7 Å². The minimum absolute atomic E-state index is 0.0668.